The first-order valence-electron chi connectivity index (χ1n) is 25.4. The number of aryl methyl sites for hydroxylation is 3. The van der Waals surface area contributed by atoms with Crippen molar-refractivity contribution < 1.29 is 0 Å². The second-order valence-electron chi connectivity index (χ2n) is 20.5. The highest BCUT2D eigenvalue weighted by Crippen LogP contribution is 2.36. The third kappa shape index (κ3) is 9.19. The lowest BCUT2D eigenvalue weighted by atomic mass is 10.1. The molecule has 7 nitrogen and oxygen atoms in total. The van der Waals surface area contributed by atoms with Crippen LogP contribution in [0.2, 0.25) is 0 Å². The molecule has 12 rings (SSSR count). The molecule has 0 amide bonds. The summed E-state index contributed by atoms with van der Waals surface area (Å²) in [5, 5.41) is 37.1. The zero-order chi connectivity index (χ0) is 51.8. The SMILES string of the molecule is CC(C)n1c2ccc(C#N)cc2c2cc(C#N)ccc21.CC(C)n1c2ccccc2c2cc(C#N)ccc21.Cc1ccc2c(c1)c1cc(C)ccc1n2C(C)C.Cc1ccc2c(c1)c1ccccc1n2C(C)C. The van der Waals surface area contributed by atoms with Gasteiger partial charge in [0.05, 0.1) is 34.9 Å². The highest BCUT2D eigenvalue weighted by Gasteiger charge is 2.17. The monoisotopic (exact) mass is 954 g/mol. The number of fused-ring (bicyclic) bond motifs is 12. The molecule has 0 aliphatic heterocycles. The van der Waals surface area contributed by atoms with Crippen LogP contribution in [0.3, 0.4) is 0 Å². The molecular weight excluding hydrogens is 891 g/mol. The van der Waals surface area contributed by atoms with Gasteiger partial charge in [0.2, 0.25) is 0 Å². The van der Waals surface area contributed by atoms with E-state index in [9.17, 15) is 0 Å². The number of rotatable bonds is 4. The predicted octanol–water partition coefficient (Wildman–Crippen LogP) is 18.0. The van der Waals surface area contributed by atoms with Gasteiger partial charge in [-0.2, -0.15) is 15.8 Å². The summed E-state index contributed by atoms with van der Waals surface area (Å²) in [7, 11) is 0. The minimum absolute atomic E-state index is 0.316. The number of nitrogens with zero attached hydrogens (tertiary/aromatic N) is 7. The molecule has 4 aromatic heterocycles. The van der Waals surface area contributed by atoms with Gasteiger partial charge in [-0.25, -0.2) is 0 Å². The van der Waals surface area contributed by atoms with E-state index in [4.69, 9.17) is 15.8 Å². The van der Waals surface area contributed by atoms with Crippen LogP contribution >= 0.6 is 0 Å². The van der Waals surface area contributed by atoms with Crippen molar-refractivity contribution in [1.82, 2.24) is 18.3 Å². The smallest absolute Gasteiger partial charge is 0.0991 e. The maximum Gasteiger partial charge on any atom is 0.0991 e. The maximum atomic E-state index is 9.08. The lowest BCUT2D eigenvalue weighted by Gasteiger charge is -2.11. The Balaban J connectivity index is 0.000000120. The Morgan fingerprint density at radius 2 is 0.493 bits per heavy atom. The Labute approximate surface area is 428 Å². The Bertz CT molecular complexity index is 4050. The fourth-order valence-electron chi connectivity index (χ4n) is 10.9. The summed E-state index contributed by atoms with van der Waals surface area (Å²) in [6, 6.07) is 62.9. The van der Waals surface area contributed by atoms with Crippen molar-refractivity contribution in [3.8, 4) is 18.2 Å². The highest BCUT2D eigenvalue weighted by atomic mass is 15.0. The topological polar surface area (TPSA) is 91.1 Å². The molecule has 0 fully saturated rings. The van der Waals surface area contributed by atoms with Crippen LogP contribution in [0, 0.1) is 54.8 Å². The molecule has 0 atom stereocenters. The molecule has 0 aliphatic carbocycles. The first-order chi connectivity index (χ1) is 35.1. The van der Waals surface area contributed by atoms with E-state index < -0.39 is 0 Å². The average Bonchev–Trinajstić information content (AvgIpc) is 4.11. The Morgan fingerprint density at radius 3 is 0.767 bits per heavy atom. The molecule has 12 aromatic rings. The molecule has 7 heteroatoms. The number of aromatic nitrogens is 4. The second-order valence-corrected chi connectivity index (χ2v) is 20.5. The van der Waals surface area contributed by atoms with Crippen LogP contribution in [0.1, 0.15) is 113 Å². The van der Waals surface area contributed by atoms with Gasteiger partial charge in [-0.1, -0.05) is 71.3 Å². The van der Waals surface area contributed by atoms with E-state index in [1.807, 2.05) is 60.7 Å². The van der Waals surface area contributed by atoms with Crippen LogP contribution in [0.5, 0.6) is 0 Å². The van der Waals surface area contributed by atoms with Crippen molar-refractivity contribution in [2.24, 2.45) is 0 Å². The Hall–Kier alpha value is -8.57. The van der Waals surface area contributed by atoms with Crippen molar-refractivity contribution in [1.29, 1.82) is 15.8 Å². The largest absolute Gasteiger partial charge is 0.338 e. The summed E-state index contributed by atoms with van der Waals surface area (Å²) < 4.78 is 9.42. The number of hydrogen-bond acceptors (Lipinski definition) is 3. The van der Waals surface area contributed by atoms with Crippen molar-refractivity contribution in [2.45, 2.75) is 100 Å². The molecule has 0 spiro atoms. The quantitative estimate of drug-likeness (QED) is 0.176. The number of nitriles is 3. The van der Waals surface area contributed by atoms with Gasteiger partial charge in [-0.05, 0) is 179 Å². The average molecular weight is 954 g/mol. The van der Waals surface area contributed by atoms with Gasteiger partial charge >= 0.3 is 0 Å². The lowest BCUT2D eigenvalue weighted by molar-refractivity contribution is 0.642. The van der Waals surface area contributed by atoms with Crippen molar-refractivity contribution in [3.05, 3.63) is 191 Å². The normalized spacial score (nSPS) is 11.4. The molecule has 4 heterocycles. The molecule has 0 aliphatic rings. The molecular formula is C66H63N7. The molecule has 0 bridgehead atoms. The van der Waals surface area contributed by atoms with E-state index in [1.54, 1.807) is 0 Å². The molecule has 8 aromatic carbocycles. The molecule has 0 saturated heterocycles. The van der Waals surface area contributed by atoms with Crippen LogP contribution in [0.4, 0.5) is 0 Å². The fraction of sp³-hybridized carbons (Fsp3) is 0.227. The van der Waals surface area contributed by atoms with Crippen LogP contribution in [0.15, 0.2) is 158 Å². The van der Waals surface area contributed by atoms with Crippen molar-refractivity contribution >= 4 is 87.2 Å². The predicted molar refractivity (Wildman–Crippen MR) is 308 cm³/mol. The molecule has 0 N–H and O–H groups in total. The Morgan fingerprint density at radius 1 is 0.274 bits per heavy atom. The number of para-hydroxylation sites is 2. The number of hydrogen-bond donors (Lipinski definition) is 0. The van der Waals surface area contributed by atoms with Gasteiger partial charge < -0.3 is 18.3 Å². The van der Waals surface area contributed by atoms with Crippen molar-refractivity contribution in [3.63, 3.8) is 0 Å². The fourth-order valence-corrected chi connectivity index (χ4v) is 10.9. The second kappa shape index (κ2) is 20.3. The zero-order valence-electron chi connectivity index (χ0n) is 44.0. The van der Waals surface area contributed by atoms with E-state index in [0.717, 1.165) is 21.8 Å². The third-order valence-electron chi connectivity index (χ3n) is 13.9. The van der Waals surface area contributed by atoms with Gasteiger partial charge in [-0.15, -0.1) is 0 Å². The van der Waals surface area contributed by atoms with Crippen molar-refractivity contribution in [2.75, 3.05) is 0 Å². The zero-order valence-corrected chi connectivity index (χ0v) is 44.0. The molecule has 0 unspecified atom stereocenters. The van der Waals surface area contributed by atoms with Gasteiger partial charge in [0.1, 0.15) is 0 Å². The summed E-state index contributed by atoms with van der Waals surface area (Å²) in [6.45, 7) is 24.1. The molecule has 0 saturated carbocycles. The number of benzene rings is 8. The first kappa shape index (κ1) is 49.4. The van der Waals surface area contributed by atoms with E-state index in [2.05, 4.69) is 210 Å². The molecule has 362 valence electrons. The van der Waals surface area contributed by atoms with Crippen LogP contribution in [-0.2, 0) is 0 Å². The summed E-state index contributed by atoms with van der Waals surface area (Å²) in [6.07, 6.45) is 0. The lowest BCUT2D eigenvalue weighted by Crippen LogP contribution is -1.99. The van der Waals surface area contributed by atoms with Gasteiger partial charge in [0.25, 0.3) is 0 Å². The van der Waals surface area contributed by atoms with Gasteiger partial charge in [-0.3, -0.25) is 0 Å². The van der Waals surface area contributed by atoms with E-state index in [-0.39, 0.29) is 0 Å². The third-order valence-corrected chi connectivity index (χ3v) is 13.9. The van der Waals surface area contributed by atoms with E-state index in [1.165, 1.54) is 82.1 Å². The molecule has 73 heavy (non-hydrogen) atoms. The Kier molecular flexibility index (Phi) is 13.7. The van der Waals surface area contributed by atoms with Crippen LogP contribution in [0.25, 0.3) is 87.2 Å². The van der Waals surface area contributed by atoms with E-state index >= 15 is 0 Å². The minimum Gasteiger partial charge on any atom is -0.338 e. The summed E-state index contributed by atoms with van der Waals surface area (Å²) >= 11 is 0. The van der Waals surface area contributed by atoms with E-state index in [0.29, 0.717) is 40.9 Å². The summed E-state index contributed by atoms with van der Waals surface area (Å²) in [5.74, 6) is 0. The maximum absolute atomic E-state index is 9.08. The standard InChI is InChI=1S/C17H13N3.C17H19N.C16H14N2.C16H17N/c1-11(2)20-16-5-3-12(9-18)7-14(16)15-8-13(10-19)4-6-17(15)20;1-11(2)18-16-7-5-12(3)9-14(16)15-10-13(4)6-8-17(15)18;1-11(2)18-15-6-4-3-5-13(15)14-9-12(10-17)7-8-16(14)18;1-11(2)17-15-7-5-4-6-13(15)14-10-12(3)8-9-16(14)17/h3-8,11H,1-2H3;5-11H,1-4H3;3-9,11H,1-2H3;4-11H,1-3H3. The summed E-state index contributed by atoms with van der Waals surface area (Å²) in [5.41, 5.74) is 16.0. The highest BCUT2D eigenvalue weighted by molar-refractivity contribution is 6.11. The summed E-state index contributed by atoms with van der Waals surface area (Å²) in [4.78, 5) is 0. The van der Waals surface area contributed by atoms with Crippen LogP contribution < -0.4 is 0 Å². The van der Waals surface area contributed by atoms with Gasteiger partial charge in [0, 0.05) is 111 Å². The molecule has 0 radical (unpaired) electrons. The first-order valence-corrected chi connectivity index (χ1v) is 25.4. The van der Waals surface area contributed by atoms with Gasteiger partial charge in [0.15, 0.2) is 0 Å². The minimum atomic E-state index is 0.316. The van der Waals surface area contributed by atoms with Crippen LogP contribution in [-0.4, -0.2) is 18.3 Å².